The number of carbonyl (C=O) groups excluding carboxylic acids is 1. The average molecular weight is 268 g/mol. The summed E-state index contributed by atoms with van der Waals surface area (Å²) in [7, 11) is -3.40. The molecule has 1 aliphatic rings. The van der Waals surface area contributed by atoms with Crippen molar-refractivity contribution < 1.29 is 13.2 Å². The quantitative estimate of drug-likeness (QED) is 0.770. The van der Waals surface area contributed by atoms with E-state index in [1.54, 1.807) is 0 Å². The fourth-order valence-electron chi connectivity index (χ4n) is 1.55. The van der Waals surface area contributed by atoms with Crippen molar-refractivity contribution in [1.82, 2.24) is 5.32 Å². The molecule has 1 saturated carbocycles. The van der Waals surface area contributed by atoms with Gasteiger partial charge in [-0.15, -0.1) is 0 Å². The van der Waals surface area contributed by atoms with Crippen LogP contribution in [0.25, 0.3) is 0 Å². The van der Waals surface area contributed by atoms with E-state index in [2.05, 4.69) is 5.32 Å². The second kappa shape index (κ2) is 4.97. The molecule has 0 unspecified atom stereocenters. The second-order valence-corrected chi connectivity index (χ2v) is 6.59. The Labute approximate surface area is 106 Å². The molecule has 0 aromatic heterocycles. The Kier molecular flexibility index (Phi) is 3.56. The van der Waals surface area contributed by atoms with Gasteiger partial charge in [0.25, 0.3) is 0 Å². The first-order chi connectivity index (χ1) is 8.47. The van der Waals surface area contributed by atoms with Gasteiger partial charge in [0.1, 0.15) is 0 Å². The van der Waals surface area contributed by atoms with Crippen LogP contribution in [0.4, 0.5) is 5.69 Å². The van der Waals surface area contributed by atoms with Crippen molar-refractivity contribution in [2.24, 2.45) is 0 Å². The first-order valence-corrected chi connectivity index (χ1v) is 7.50. The maximum Gasteiger partial charge on any atom is 0.221 e. The third-order valence-electron chi connectivity index (χ3n) is 2.78. The van der Waals surface area contributed by atoms with Gasteiger partial charge in [-0.05, 0) is 37.1 Å². The molecule has 1 fully saturated rings. The van der Waals surface area contributed by atoms with Crippen molar-refractivity contribution in [2.75, 3.05) is 11.5 Å². The van der Waals surface area contributed by atoms with Gasteiger partial charge in [-0.1, -0.05) is 0 Å². The van der Waals surface area contributed by atoms with Gasteiger partial charge in [0.2, 0.25) is 5.91 Å². The lowest BCUT2D eigenvalue weighted by atomic mass is 10.3. The molecule has 1 aliphatic carbocycles. The van der Waals surface area contributed by atoms with Crippen LogP contribution in [-0.4, -0.2) is 26.1 Å². The Balaban J connectivity index is 1.94. The standard InChI is InChI=1S/C12H16N2O3S/c13-9-1-5-11(6-2-9)18(16,17)8-7-12(15)14-10-3-4-10/h1-2,5-6,10H,3-4,7-8,13H2,(H,14,15). The predicted octanol–water partition coefficient (Wildman–Crippen LogP) is 0.711. The van der Waals surface area contributed by atoms with Crippen molar-refractivity contribution in [2.45, 2.75) is 30.2 Å². The molecule has 0 radical (unpaired) electrons. The predicted molar refractivity (Wildman–Crippen MR) is 68.7 cm³/mol. The van der Waals surface area contributed by atoms with E-state index < -0.39 is 9.84 Å². The minimum absolute atomic E-state index is 0.00318. The molecule has 98 valence electrons. The largest absolute Gasteiger partial charge is 0.399 e. The van der Waals surface area contributed by atoms with Crippen molar-refractivity contribution in [3.63, 3.8) is 0 Å². The molecule has 0 heterocycles. The van der Waals surface area contributed by atoms with Gasteiger partial charge >= 0.3 is 0 Å². The number of sulfone groups is 1. The maximum absolute atomic E-state index is 11.9. The van der Waals surface area contributed by atoms with Gasteiger partial charge in [0, 0.05) is 18.2 Å². The molecular weight excluding hydrogens is 252 g/mol. The summed E-state index contributed by atoms with van der Waals surface area (Å²) < 4.78 is 23.9. The minimum Gasteiger partial charge on any atom is -0.399 e. The highest BCUT2D eigenvalue weighted by Crippen LogP contribution is 2.19. The summed E-state index contributed by atoms with van der Waals surface area (Å²) in [6, 6.07) is 6.26. The molecule has 6 heteroatoms. The summed E-state index contributed by atoms with van der Waals surface area (Å²) >= 11 is 0. The molecule has 1 aromatic carbocycles. The number of rotatable bonds is 5. The number of hydrogen-bond acceptors (Lipinski definition) is 4. The van der Waals surface area contributed by atoms with Crippen LogP contribution in [0.2, 0.25) is 0 Å². The topological polar surface area (TPSA) is 89.3 Å². The fourth-order valence-corrected chi connectivity index (χ4v) is 2.79. The summed E-state index contributed by atoms with van der Waals surface area (Å²) in [5.74, 6) is -0.369. The van der Waals surface area contributed by atoms with E-state index in [1.165, 1.54) is 24.3 Å². The van der Waals surface area contributed by atoms with Crippen LogP contribution in [0.5, 0.6) is 0 Å². The van der Waals surface area contributed by atoms with Crippen molar-refractivity contribution in [3.8, 4) is 0 Å². The molecule has 18 heavy (non-hydrogen) atoms. The Morgan fingerprint density at radius 3 is 2.44 bits per heavy atom. The molecular formula is C12H16N2O3S. The lowest BCUT2D eigenvalue weighted by Gasteiger charge is -2.05. The number of nitrogens with one attached hydrogen (secondary N) is 1. The molecule has 2 rings (SSSR count). The van der Waals surface area contributed by atoms with Crippen LogP contribution in [0.15, 0.2) is 29.2 Å². The molecule has 1 aromatic rings. The summed E-state index contributed by atoms with van der Waals surface area (Å²) in [5.41, 5.74) is 6.01. The zero-order valence-corrected chi connectivity index (χ0v) is 10.7. The lowest BCUT2D eigenvalue weighted by Crippen LogP contribution is -2.27. The van der Waals surface area contributed by atoms with E-state index in [4.69, 9.17) is 5.73 Å². The van der Waals surface area contributed by atoms with Gasteiger partial charge in [0.05, 0.1) is 10.6 Å². The van der Waals surface area contributed by atoms with E-state index in [1.807, 2.05) is 0 Å². The summed E-state index contributed by atoms with van der Waals surface area (Å²) in [4.78, 5) is 11.6. The van der Waals surface area contributed by atoms with Gasteiger partial charge in [-0.25, -0.2) is 8.42 Å². The smallest absolute Gasteiger partial charge is 0.221 e. The number of carbonyl (C=O) groups is 1. The highest BCUT2D eigenvalue weighted by Gasteiger charge is 2.24. The number of hydrogen-bond donors (Lipinski definition) is 2. The number of anilines is 1. The van der Waals surface area contributed by atoms with E-state index in [0.717, 1.165) is 12.8 Å². The summed E-state index contributed by atoms with van der Waals surface area (Å²) in [6.07, 6.45) is 2.00. The first-order valence-electron chi connectivity index (χ1n) is 5.85. The molecule has 1 amide bonds. The second-order valence-electron chi connectivity index (χ2n) is 4.48. The average Bonchev–Trinajstić information content (AvgIpc) is 3.11. The molecule has 0 saturated heterocycles. The Hall–Kier alpha value is -1.56. The SMILES string of the molecule is Nc1ccc(S(=O)(=O)CCC(=O)NC2CC2)cc1. The normalized spacial score (nSPS) is 15.3. The maximum atomic E-state index is 11.9. The molecule has 3 N–H and O–H groups in total. The highest BCUT2D eigenvalue weighted by atomic mass is 32.2. The van der Waals surface area contributed by atoms with Crippen molar-refractivity contribution in [3.05, 3.63) is 24.3 Å². The zero-order chi connectivity index (χ0) is 13.2. The monoisotopic (exact) mass is 268 g/mol. The number of amides is 1. The Morgan fingerprint density at radius 1 is 1.28 bits per heavy atom. The van der Waals surface area contributed by atoms with Crippen LogP contribution in [0.1, 0.15) is 19.3 Å². The highest BCUT2D eigenvalue weighted by molar-refractivity contribution is 7.91. The van der Waals surface area contributed by atoms with E-state index >= 15 is 0 Å². The van der Waals surface area contributed by atoms with E-state index in [9.17, 15) is 13.2 Å². The molecule has 0 atom stereocenters. The third kappa shape index (κ3) is 3.46. The van der Waals surface area contributed by atoms with E-state index in [0.29, 0.717) is 5.69 Å². The first kappa shape index (κ1) is 12.9. The minimum atomic E-state index is -3.40. The molecule has 0 aliphatic heterocycles. The fraction of sp³-hybridized carbons (Fsp3) is 0.417. The van der Waals surface area contributed by atoms with Crippen molar-refractivity contribution in [1.29, 1.82) is 0 Å². The zero-order valence-electron chi connectivity index (χ0n) is 9.93. The van der Waals surface area contributed by atoms with Crippen LogP contribution in [0.3, 0.4) is 0 Å². The Morgan fingerprint density at radius 2 is 1.89 bits per heavy atom. The van der Waals surface area contributed by atoms with Crippen LogP contribution in [0, 0.1) is 0 Å². The third-order valence-corrected chi connectivity index (χ3v) is 4.51. The lowest BCUT2D eigenvalue weighted by molar-refractivity contribution is -0.120. The van der Waals surface area contributed by atoms with Crippen LogP contribution < -0.4 is 11.1 Å². The Bertz CT molecular complexity index is 533. The van der Waals surface area contributed by atoms with Gasteiger partial charge < -0.3 is 11.1 Å². The van der Waals surface area contributed by atoms with Crippen LogP contribution >= 0.6 is 0 Å². The van der Waals surface area contributed by atoms with Gasteiger partial charge in [0.15, 0.2) is 9.84 Å². The number of benzene rings is 1. The molecule has 0 spiro atoms. The van der Waals surface area contributed by atoms with Gasteiger partial charge in [-0.3, -0.25) is 4.79 Å². The number of nitrogen functional groups attached to an aromatic ring is 1. The van der Waals surface area contributed by atoms with Gasteiger partial charge in [-0.2, -0.15) is 0 Å². The molecule has 5 nitrogen and oxygen atoms in total. The van der Waals surface area contributed by atoms with Crippen LogP contribution in [-0.2, 0) is 14.6 Å². The summed E-state index contributed by atoms with van der Waals surface area (Å²) in [6.45, 7) is 0. The molecule has 0 bridgehead atoms. The number of nitrogens with two attached hydrogens (primary N) is 1. The van der Waals surface area contributed by atoms with E-state index in [-0.39, 0.29) is 29.0 Å². The summed E-state index contributed by atoms with van der Waals surface area (Å²) in [5, 5.41) is 2.76. The van der Waals surface area contributed by atoms with Crippen molar-refractivity contribution >= 4 is 21.4 Å².